The molecule has 4 rings (SSSR count). The SMILES string of the molecule is O=S(=O)(C1CC1)N1CCN(c2cc(N3CCOCC3)cnn2)CC1. The van der Waals surface area contributed by atoms with Gasteiger partial charge in [-0.25, -0.2) is 8.42 Å². The van der Waals surface area contributed by atoms with Gasteiger partial charge in [0.1, 0.15) is 0 Å². The molecule has 1 aromatic rings. The van der Waals surface area contributed by atoms with E-state index in [1.54, 1.807) is 10.5 Å². The number of hydrogen-bond acceptors (Lipinski definition) is 7. The summed E-state index contributed by atoms with van der Waals surface area (Å²) in [6.45, 7) is 5.56. The molecule has 1 aromatic heterocycles. The number of nitrogens with zero attached hydrogens (tertiary/aromatic N) is 5. The van der Waals surface area contributed by atoms with Gasteiger partial charge in [-0.05, 0) is 12.8 Å². The van der Waals surface area contributed by atoms with E-state index < -0.39 is 10.0 Å². The van der Waals surface area contributed by atoms with Crippen LogP contribution in [0.2, 0.25) is 0 Å². The molecule has 0 N–H and O–H groups in total. The molecule has 0 amide bonds. The molecule has 8 nitrogen and oxygen atoms in total. The van der Waals surface area contributed by atoms with Gasteiger partial charge in [0.15, 0.2) is 5.82 Å². The second kappa shape index (κ2) is 6.45. The summed E-state index contributed by atoms with van der Waals surface area (Å²) in [6.07, 6.45) is 3.41. The van der Waals surface area contributed by atoms with Crippen LogP contribution < -0.4 is 9.80 Å². The predicted octanol–water partition coefficient (Wildman–Crippen LogP) is -0.0726. The quantitative estimate of drug-likeness (QED) is 0.749. The first-order valence-electron chi connectivity index (χ1n) is 8.54. The zero-order valence-electron chi connectivity index (χ0n) is 13.7. The summed E-state index contributed by atoms with van der Waals surface area (Å²) in [4.78, 5) is 4.37. The third-order valence-electron chi connectivity index (χ3n) is 4.87. The second-order valence-electron chi connectivity index (χ2n) is 6.50. The fraction of sp³-hybridized carbons (Fsp3) is 0.733. The average Bonchev–Trinajstić information content (AvgIpc) is 3.48. The zero-order valence-corrected chi connectivity index (χ0v) is 14.5. The topological polar surface area (TPSA) is 78.9 Å². The number of sulfonamides is 1. The first-order valence-corrected chi connectivity index (χ1v) is 10.0. The summed E-state index contributed by atoms with van der Waals surface area (Å²) in [5, 5.41) is 8.25. The highest BCUT2D eigenvalue weighted by Gasteiger charge is 2.41. The molecule has 3 heterocycles. The minimum absolute atomic E-state index is 0.131. The maximum absolute atomic E-state index is 12.3. The molecule has 24 heavy (non-hydrogen) atoms. The number of rotatable bonds is 4. The van der Waals surface area contributed by atoms with Crippen LogP contribution >= 0.6 is 0 Å². The Balaban J connectivity index is 1.42. The van der Waals surface area contributed by atoms with Gasteiger partial charge in [-0.3, -0.25) is 0 Å². The van der Waals surface area contributed by atoms with E-state index in [1.165, 1.54) is 0 Å². The Hall–Kier alpha value is -1.45. The monoisotopic (exact) mass is 353 g/mol. The highest BCUT2D eigenvalue weighted by atomic mass is 32.2. The van der Waals surface area contributed by atoms with Crippen molar-refractivity contribution in [3.63, 3.8) is 0 Å². The number of ether oxygens (including phenoxy) is 1. The first-order chi connectivity index (χ1) is 11.6. The Labute approximate surface area is 142 Å². The molecule has 132 valence electrons. The molecule has 1 saturated carbocycles. The standard InChI is InChI=1S/C15H23N5O3S/c21-24(22,14-1-2-14)20-5-3-19(4-6-20)15-11-13(12-16-17-15)18-7-9-23-10-8-18/h11-12,14H,1-10H2. The van der Waals surface area contributed by atoms with Crippen LogP contribution in [0.1, 0.15) is 12.8 Å². The van der Waals surface area contributed by atoms with Gasteiger partial charge in [-0.15, -0.1) is 5.10 Å². The normalized spacial score (nSPS) is 23.5. The van der Waals surface area contributed by atoms with Gasteiger partial charge < -0.3 is 14.5 Å². The molecule has 0 bridgehead atoms. The van der Waals surface area contributed by atoms with E-state index in [0.717, 1.165) is 50.7 Å². The van der Waals surface area contributed by atoms with Crippen LogP contribution in [-0.2, 0) is 14.8 Å². The third-order valence-corrected chi connectivity index (χ3v) is 7.27. The molecule has 3 fully saturated rings. The molecule has 3 aliphatic rings. The van der Waals surface area contributed by atoms with E-state index in [0.29, 0.717) is 26.2 Å². The predicted molar refractivity (Wildman–Crippen MR) is 90.8 cm³/mol. The molecule has 0 unspecified atom stereocenters. The lowest BCUT2D eigenvalue weighted by Gasteiger charge is -2.35. The lowest BCUT2D eigenvalue weighted by atomic mass is 10.3. The smallest absolute Gasteiger partial charge is 0.217 e. The molecule has 0 radical (unpaired) electrons. The Morgan fingerprint density at radius 1 is 1.00 bits per heavy atom. The molecule has 2 saturated heterocycles. The Kier molecular flexibility index (Phi) is 4.31. The van der Waals surface area contributed by atoms with E-state index in [1.807, 2.05) is 6.07 Å². The molecule has 0 spiro atoms. The summed E-state index contributed by atoms with van der Waals surface area (Å²) >= 11 is 0. The molecular formula is C15H23N5O3S. The van der Waals surface area contributed by atoms with Crippen LogP contribution in [0.4, 0.5) is 11.5 Å². The molecule has 2 aliphatic heterocycles. The van der Waals surface area contributed by atoms with E-state index in [9.17, 15) is 8.42 Å². The van der Waals surface area contributed by atoms with Gasteiger partial charge in [-0.1, -0.05) is 0 Å². The summed E-state index contributed by atoms with van der Waals surface area (Å²) < 4.78 is 31.6. The summed E-state index contributed by atoms with van der Waals surface area (Å²) in [6, 6.07) is 2.05. The van der Waals surface area contributed by atoms with Crippen LogP contribution in [0.15, 0.2) is 12.3 Å². The maximum atomic E-state index is 12.3. The van der Waals surface area contributed by atoms with Crippen molar-refractivity contribution in [1.29, 1.82) is 0 Å². The van der Waals surface area contributed by atoms with Gasteiger partial charge in [0, 0.05) is 45.3 Å². The summed E-state index contributed by atoms with van der Waals surface area (Å²) in [5.41, 5.74) is 1.05. The van der Waals surface area contributed by atoms with Gasteiger partial charge in [-0.2, -0.15) is 9.40 Å². The fourth-order valence-corrected chi connectivity index (χ4v) is 5.07. The maximum Gasteiger partial charge on any atom is 0.217 e. The van der Waals surface area contributed by atoms with Crippen LogP contribution in [0, 0.1) is 0 Å². The highest BCUT2D eigenvalue weighted by Crippen LogP contribution is 2.31. The van der Waals surface area contributed by atoms with E-state index in [-0.39, 0.29) is 5.25 Å². The lowest BCUT2D eigenvalue weighted by Crippen LogP contribution is -2.50. The third kappa shape index (κ3) is 3.20. The highest BCUT2D eigenvalue weighted by molar-refractivity contribution is 7.90. The first kappa shape index (κ1) is 16.0. The Morgan fingerprint density at radius 2 is 1.71 bits per heavy atom. The van der Waals surface area contributed by atoms with Gasteiger partial charge in [0.2, 0.25) is 10.0 Å². The van der Waals surface area contributed by atoms with Crippen molar-refractivity contribution < 1.29 is 13.2 Å². The van der Waals surface area contributed by atoms with E-state index in [2.05, 4.69) is 20.0 Å². The lowest BCUT2D eigenvalue weighted by molar-refractivity contribution is 0.122. The largest absolute Gasteiger partial charge is 0.378 e. The van der Waals surface area contributed by atoms with E-state index in [4.69, 9.17) is 4.74 Å². The van der Waals surface area contributed by atoms with Crippen LogP contribution in [0.3, 0.4) is 0 Å². The number of hydrogen-bond donors (Lipinski definition) is 0. The minimum Gasteiger partial charge on any atom is -0.378 e. The van der Waals surface area contributed by atoms with Gasteiger partial charge in [0.25, 0.3) is 0 Å². The van der Waals surface area contributed by atoms with Crippen molar-refractivity contribution in [1.82, 2.24) is 14.5 Å². The summed E-state index contributed by atoms with van der Waals surface area (Å²) in [5.74, 6) is 0.822. The van der Waals surface area contributed by atoms with Crippen molar-refractivity contribution in [3.8, 4) is 0 Å². The van der Waals surface area contributed by atoms with Crippen molar-refractivity contribution in [2.45, 2.75) is 18.1 Å². The van der Waals surface area contributed by atoms with Crippen LogP contribution in [0.5, 0.6) is 0 Å². The van der Waals surface area contributed by atoms with Crippen molar-refractivity contribution in [2.75, 3.05) is 62.3 Å². The number of anilines is 2. The number of morpholine rings is 1. The Bertz CT molecular complexity index is 680. The molecule has 0 atom stereocenters. The second-order valence-corrected chi connectivity index (χ2v) is 8.71. The zero-order chi connectivity index (χ0) is 16.6. The minimum atomic E-state index is -3.07. The number of piperazine rings is 1. The van der Waals surface area contributed by atoms with Gasteiger partial charge in [0.05, 0.1) is 30.3 Å². The van der Waals surface area contributed by atoms with Crippen LogP contribution in [-0.4, -0.2) is 80.7 Å². The average molecular weight is 353 g/mol. The molecule has 1 aliphatic carbocycles. The van der Waals surface area contributed by atoms with Crippen molar-refractivity contribution >= 4 is 21.5 Å². The number of aromatic nitrogens is 2. The van der Waals surface area contributed by atoms with Crippen LogP contribution in [0.25, 0.3) is 0 Å². The summed E-state index contributed by atoms with van der Waals surface area (Å²) in [7, 11) is -3.07. The van der Waals surface area contributed by atoms with Crippen molar-refractivity contribution in [3.05, 3.63) is 12.3 Å². The molecule has 9 heteroatoms. The fourth-order valence-electron chi connectivity index (χ4n) is 3.24. The van der Waals surface area contributed by atoms with E-state index >= 15 is 0 Å². The van der Waals surface area contributed by atoms with Crippen molar-refractivity contribution in [2.24, 2.45) is 0 Å². The Morgan fingerprint density at radius 3 is 2.38 bits per heavy atom. The van der Waals surface area contributed by atoms with Gasteiger partial charge >= 0.3 is 0 Å². The molecule has 0 aromatic carbocycles. The molecular weight excluding hydrogens is 330 g/mol.